The number of piperazine rings is 1. The van der Waals surface area contributed by atoms with Crippen molar-refractivity contribution in [1.29, 1.82) is 0 Å². The number of carbonyl (C=O) groups is 1. The first-order valence-electron chi connectivity index (χ1n) is 6.32. The van der Waals surface area contributed by atoms with E-state index < -0.39 is 0 Å². The Bertz CT molecular complexity index is 362. The largest absolute Gasteiger partial charge is 0.472 e. The van der Waals surface area contributed by atoms with Crippen molar-refractivity contribution in [1.82, 2.24) is 10.2 Å². The predicted octanol–water partition coefficient (Wildman–Crippen LogP) is 1.88. The molecule has 0 spiro atoms. The molecule has 0 aromatic carbocycles. The molecule has 1 aromatic rings. The summed E-state index contributed by atoms with van der Waals surface area (Å²) in [6.45, 7) is 5.94. The van der Waals surface area contributed by atoms with E-state index in [4.69, 9.17) is 4.42 Å². The van der Waals surface area contributed by atoms with Gasteiger partial charge in [-0.15, -0.1) is 0 Å². The summed E-state index contributed by atoms with van der Waals surface area (Å²) in [4.78, 5) is 14.3. The molecule has 0 saturated carbocycles. The summed E-state index contributed by atoms with van der Waals surface area (Å²) in [5.74, 6) is 0.0885. The van der Waals surface area contributed by atoms with Crippen LogP contribution in [0.5, 0.6) is 0 Å². The number of carbonyl (C=O) groups excluding carboxylic acids is 1. The SMILES string of the molecule is CCC1CN(C(=O)c2ccoc2)C(CC)CN1. The minimum Gasteiger partial charge on any atom is -0.472 e. The molecule has 1 aliphatic rings. The lowest BCUT2D eigenvalue weighted by Gasteiger charge is -2.39. The molecule has 17 heavy (non-hydrogen) atoms. The van der Waals surface area contributed by atoms with E-state index in [2.05, 4.69) is 19.2 Å². The third-order valence-corrected chi connectivity index (χ3v) is 3.49. The van der Waals surface area contributed by atoms with Crippen LogP contribution in [0, 0.1) is 0 Å². The van der Waals surface area contributed by atoms with Crippen LogP contribution < -0.4 is 5.32 Å². The Hall–Kier alpha value is -1.29. The number of rotatable bonds is 3. The van der Waals surface area contributed by atoms with Crippen molar-refractivity contribution in [3.63, 3.8) is 0 Å². The van der Waals surface area contributed by atoms with Crippen LogP contribution in [0.1, 0.15) is 37.0 Å². The molecule has 2 unspecified atom stereocenters. The summed E-state index contributed by atoms with van der Waals surface area (Å²) < 4.78 is 4.99. The van der Waals surface area contributed by atoms with Crippen LogP contribution in [-0.2, 0) is 0 Å². The number of amides is 1. The highest BCUT2D eigenvalue weighted by Gasteiger charge is 2.30. The van der Waals surface area contributed by atoms with Crippen LogP contribution >= 0.6 is 0 Å². The minimum atomic E-state index is 0.0885. The zero-order valence-electron chi connectivity index (χ0n) is 10.5. The number of hydrogen-bond donors (Lipinski definition) is 1. The Labute approximate surface area is 102 Å². The van der Waals surface area contributed by atoms with Gasteiger partial charge in [0.25, 0.3) is 5.91 Å². The maximum atomic E-state index is 12.3. The lowest BCUT2D eigenvalue weighted by molar-refractivity contribution is 0.0575. The Morgan fingerprint density at radius 2 is 2.35 bits per heavy atom. The maximum Gasteiger partial charge on any atom is 0.257 e. The second-order valence-electron chi connectivity index (χ2n) is 4.55. The first-order valence-corrected chi connectivity index (χ1v) is 6.32. The summed E-state index contributed by atoms with van der Waals surface area (Å²) in [6, 6.07) is 2.44. The first kappa shape index (κ1) is 12.2. The molecule has 1 aliphatic heterocycles. The second kappa shape index (κ2) is 5.36. The number of furan rings is 1. The zero-order chi connectivity index (χ0) is 12.3. The van der Waals surface area contributed by atoms with E-state index in [0.717, 1.165) is 25.9 Å². The molecule has 1 fully saturated rings. The van der Waals surface area contributed by atoms with Crippen molar-refractivity contribution in [3.8, 4) is 0 Å². The molecule has 94 valence electrons. The Morgan fingerprint density at radius 3 is 2.94 bits per heavy atom. The van der Waals surface area contributed by atoms with Crippen molar-refractivity contribution in [2.45, 2.75) is 38.8 Å². The maximum absolute atomic E-state index is 12.3. The summed E-state index contributed by atoms with van der Waals surface area (Å²) in [5.41, 5.74) is 0.653. The van der Waals surface area contributed by atoms with E-state index >= 15 is 0 Å². The Morgan fingerprint density at radius 1 is 1.53 bits per heavy atom. The molecule has 1 N–H and O–H groups in total. The molecule has 0 bridgehead atoms. The molecule has 2 heterocycles. The molecule has 1 aromatic heterocycles. The molecule has 2 atom stereocenters. The quantitative estimate of drug-likeness (QED) is 0.871. The number of hydrogen-bond acceptors (Lipinski definition) is 3. The fourth-order valence-corrected chi connectivity index (χ4v) is 2.30. The normalized spacial score (nSPS) is 24.9. The van der Waals surface area contributed by atoms with Crippen molar-refractivity contribution in [3.05, 3.63) is 24.2 Å². The average molecular weight is 236 g/mol. The van der Waals surface area contributed by atoms with Gasteiger partial charge in [-0.2, -0.15) is 0 Å². The van der Waals surface area contributed by atoms with Gasteiger partial charge in [0.15, 0.2) is 0 Å². The van der Waals surface area contributed by atoms with Gasteiger partial charge in [0.05, 0.1) is 11.8 Å². The standard InChI is InChI=1S/C13H20N2O2/c1-3-11-8-15(12(4-2)7-14-11)13(16)10-5-6-17-9-10/h5-6,9,11-12,14H,3-4,7-8H2,1-2H3. The fourth-order valence-electron chi connectivity index (χ4n) is 2.30. The predicted molar refractivity (Wildman–Crippen MR) is 65.9 cm³/mol. The number of nitrogens with one attached hydrogen (secondary N) is 1. The molecule has 1 saturated heterocycles. The number of nitrogens with zero attached hydrogens (tertiary/aromatic N) is 1. The topological polar surface area (TPSA) is 45.5 Å². The van der Waals surface area contributed by atoms with Crippen molar-refractivity contribution in [2.24, 2.45) is 0 Å². The van der Waals surface area contributed by atoms with Crippen LogP contribution in [0.3, 0.4) is 0 Å². The van der Waals surface area contributed by atoms with E-state index in [0.29, 0.717) is 17.6 Å². The summed E-state index contributed by atoms with van der Waals surface area (Å²) in [7, 11) is 0. The third kappa shape index (κ3) is 2.52. The highest BCUT2D eigenvalue weighted by atomic mass is 16.3. The molecule has 1 amide bonds. The average Bonchev–Trinajstić information content (AvgIpc) is 2.91. The van der Waals surface area contributed by atoms with E-state index in [1.54, 1.807) is 12.3 Å². The van der Waals surface area contributed by atoms with Gasteiger partial charge in [-0.3, -0.25) is 4.79 Å². The van der Waals surface area contributed by atoms with Crippen molar-refractivity contribution in [2.75, 3.05) is 13.1 Å². The lowest BCUT2D eigenvalue weighted by Crippen LogP contribution is -2.57. The summed E-state index contributed by atoms with van der Waals surface area (Å²) in [5, 5.41) is 3.48. The molecule has 0 radical (unpaired) electrons. The molecule has 0 aliphatic carbocycles. The van der Waals surface area contributed by atoms with Gasteiger partial charge in [0, 0.05) is 25.2 Å². The highest BCUT2D eigenvalue weighted by molar-refractivity contribution is 5.94. The Balaban J connectivity index is 2.12. The highest BCUT2D eigenvalue weighted by Crippen LogP contribution is 2.16. The minimum absolute atomic E-state index is 0.0885. The van der Waals surface area contributed by atoms with Crippen LogP contribution in [0.25, 0.3) is 0 Å². The van der Waals surface area contributed by atoms with Crippen LogP contribution in [0.4, 0.5) is 0 Å². The Kier molecular flexibility index (Phi) is 3.84. The second-order valence-corrected chi connectivity index (χ2v) is 4.55. The van der Waals surface area contributed by atoms with Gasteiger partial charge in [-0.05, 0) is 18.9 Å². The van der Waals surface area contributed by atoms with Gasteiger partial charge in [0.2, 0.25) is 0 Å². The van der Waals surface area contributed by atoms with E-state index in [9.17, 15) is 4.79 Å². The van der Waals surface area contributed by atoms with Crippen molar-refractivity contribution < 1.29 is 9.21 Å². The van der Waals surface area contributed by atoms with Gasteiger partial charge >= 0.3 is 0 Å². The lowest BCUT2D eigenvalue weighted by atomic mass is 10.0. The van der Waals surface area contributed by atoms with Crippen LogP contribution in [-0.4, -0.2) is 36.0 Å². The van der Waals surface area contributed by atoms with Crippen LogP contribution in [0.15, 0.2) is 23.0 Å². The van der Waals surface area contributed by atoms with Gasteiger partial charge in [-0.1, -0.05) is 13.8 Å². The zero-order valence-corrected chi connectivity index (χ0v) is 10.5. The summed E-state index contributed by atoms with van der Waals surface area (Å²) in [6.07, 6.45) is 5.10. The molecular weight excluding hydrogens is 216 g/mol. The molecule has 4 nitrogen and oxygen atoms in total. The summed E-state index contributed by atoms with van der Waals surface area (Å²) >= 11 is 0. The van der Waals surface area contributed by atoms with E-state index in [-0.39, 0.29) is 5.91 Å². The molecule has 4 heteroatoms. The fraction of sp³-hybridized carbons (Fsp3) is 0.615. The molecular formula is C13H20N2O2. The van der Waals surface area contributed by atoms with Gasteiger partial charge in [0.1, 0.15) is 6.26 Å². The van der Waals surface area contributed by atoms with Gasteiger partial charge < -0.3 is 14.6 Å². The van der Waals surface area contributed by atoms with Crippen molar-refractivity contribution >= 4 is 5.91 Å². The monoisotopic (exact) mass is 236 g/mol. The van der Waals surface area contributed by atoms with Gasteiger partial charge in [-0.25, -0.2) is 0 Å². The van der Waals surface area contributed by atoms with E-state index in [1.165, 1.54) is 6.26 Å². The first-order chi connectivity index (χ1) is 8.26. The van der Waals surface area contributed by atoms with E-state index in [1.807, 2.05) is 4.90 Å². The van der Waals surface area contributed by atoms with Crippen LogP contribution in [0.2, 0.25) is 0 Å². The smallest absolute Gasteiger partial charge is 0.257 e. The third-order valence-electron chi connectivity index (χ3n) is 3.49. The molecule has 2 rings (SSSR count).